The Hall–Kier alpha value is -0.790. The molecule has 1 heterocycles. The van der Waals surface area contributed by atoms with Crippen LogP contribution < -0.4 is 5.73 Å². The second-order valence-corrected chi connectivity index (χ2v) is 7.60. The first kappa shape index (κ1) is 22.3. The van der Waals surface area contributed by atoms with Gasteiger partial charge in [-0.05, 0) is 44.2 Å². The van der Waals surface area contributed by atoms with E-state index in [1.165, 1.54) is 7.11 Å². The molecule has 1 rings (SSSR count). The third-order valence-corrected chi connectivity index (χ3v) is 5.52. The molecule has 2 N–H and O–H groups in total. The summed E-state index contributed by atoms with van der Waals surface area (Å²) in [7, 11) is 1.46. The maximum atomic E-state index is 12.4. The van der Waals surface area contributed by atoms with Crippen LogP contribution in [0.25, 0.3) is 0 Å². The minimum atomic E-state index is -0.232. The number of esters is 1. The van der Waals surface area contributed by atoms with E-state index in [4.69, 9.17) is 10.5 Å². The molecule has 0 spiro atoms. The molecular formula is C18H35N3O3S. The summed E-state index contributed by atoms with van der Waals surface area (Å²) in [5.41, 5.74) is 5.56. The Balaban J connectivity index is 2.84. The molecule has 1 fully saturated rings. The number of ether oxygens (including phenoxy) is 1. The summed E-state index contributed by atoms with van der Waals surface area (Å²) in [6.45, 7) is 4.59. The fourth-order valence-corrected chi connectivity index (χ4v) is 3.96. The van der Waals surface area contributed by atoms with Gasteiger partial charge in [0.05, 0.1) is 13.7 Å². The molecule has 1 unspecified atom stereocenters. The minimum absolute atomic E-state index is 0.00902. The Morgan fingerprint density at radius 3 is 2.76 bits per heavy atom. The van der Waals surface area contributed by atoms with Gasteiger partial charge in [0.1, 0.15) is 6.04 Å². The normalized spacial score (nSPS) is 18.6. The van der Waals surface area contributed by atoms with Gasteiger partial charge in [-0.15, -0.1) is 0 Å². The maximum Gasteiger partial charge on any atom is 0.323 e. The molecule has 0 aromatic rings. The van der Waals surface area contributed by atoms with Gasteiger partial charge in [-0.2, -0.15) is 11.8 Å². The fourth-order valence-electron chi connectivity index (χ4n) is 3.50. The van der Waals surface area contributed by atoms with E-state index < -0.39 is 0 Å². The van der Waals surface area contributed by atoms with Crippen molar-refractivity contribution in [3.8, 4) is 0 Å². The first-order valence-corrected chi connectivity index (χ1v) is 10.8. The molecule has 1 aliphatic heterocycles. The Bertz CT molecular complexity index is 409. The van der Waals surface area contributed by atoms with Crippen molar-refractivity contribution < 1.29 is 14.3 Å². The molecule has 0 aliphatic carbocycles. The predicted molar refractivity (Wildman–Crippen MR) is 104 cm³/mol. The highest BCUT2D eigenvalue weighted by Crippen LogP contribution is 2.21. The Kier molecular flexibility index (Phi) is 11.2. The first-order valence-electron chi connectivity index (χ1n) is 9.39. The molecule has 0 aromatic heterocycles. The summed E-state index contributed by atoms with van der Waals surface area (Å²) in [4.78, 5) is 28.6. The number of hydrogen-bond donors (Lipinski definition) is 1. The van der Waals surface area contributed by atoms with Crippen LogP contribution in [0.3, 0.4) is 0 Å². The summed E-state index contributed by atoms with van der Waals surface area (Å²) in [5.74, 6) is 0.759. The van der Waals surface area contributed by atoms with Crippen LogP contribution in [0, 0.1) is 0 Å². The number of carbonyl (C=O) groups excluding carboxylic acids is 2. The largest absolute Gasteiger partial charge is 0.468 e. The molecule has 0 saturated carbocycles. The summed E-state index contributed by atoms with van der Waals surface area (Å²) < 4.78 is 5.07. The highest BCUT2D eigenvalue weighted by Gasteiger charge is 2.33. The first-order chi connectivity index (χ1) is 12.1. The molecule has 0 aromatic carbocycles. The zero-order chi connectivity index (χ0) is 18.7. The highest BCUT2D eigenvalue weighted by molar-refractivity contribution is 7.98. The van der Waals surface area contributed by atoms with Gasteiger partial charge >= 0.3 is 5.97 Å². The molecule has 6 nitrogen and oxygen atoms in total. The number of hydrogen-bond acceptors (Lipinski definition) is 6. The lowest BCUT2D eigenvalue weighted by molar-refractivity contribution is -0.147. The molecule has 1 saturated heterocycles. The average molecular weight is 374 g/mol. The smallest absolute Gasteiger partial charge is 0.323 e. The second-order valence-electron chi connectivity index (χ2n) is 6.61. The molecule has 25 heavy (non-hydrogen) atoms. The fraction of sp³-hybridized carbons (Fsp3) is 0.889. The zero-order valence-electron chi connectivity index (χ0n) is 16.0. The number of amides is 1. The topological polar surface area (TPSA) is 75.9 Å². The van der Waals surface area contributed by atoms with Gasteiger partial charge in [-0.1, -0.05) is 19.8 Å². The number of rotatable bonds is 12. The lowest BCUT2D eigenvalue weighted by Gasteiger charge is -2.35. The van der Waals surface area contributed by atoms with E-state index in [9.17, 15) is 9.59 Å². The number of nitrogens with zero attached hydrogens (tertiary/aromatic N) is 2. The minimum Gasteiger partial charge on any atom is -0.468 e. The number of thioether (sulfide) groups is 1. The number of methoxy groups -OCH3 is 1. The van der Waals surface area contributed by atoms with E-state index in [1.54, 1.807) is 11.8 Å². The Labute approximate surface area is 156 Å². The van der Waals surface area contributed by atoms with Gasteiger partial charge in [0.2, 0.25) is 5.91 Å². The molecule has 146 valence electrons. The Morgan fingerprint density at radius 2 is 2.16 bits per heavy atom. The van der Waals surface area contributed by atoms with Gasteiger partial charge in [0.25, 0.3) is 0 Å². The lowest BCUT2D eigenvalue weighted by Crippen LogP contribution is -2.50. The van der Waals surface area contributed by atoms with Gasteiger partial charge in [-0.3, -0.25) is 14.5 Å². The molecule has 0 bridgehead atoms. The highest BCUT2D eigenvalue weighted by atomic mass is 32.2. The lowest BCUT2D eigenvalue weighted by atomic mass is 10.1. The number of nitrogens with two attached hydrogens (primary N) is 1. The van der Waals surface area contributed by atoms with E-state index >= 15 is 0 Å². The van der Waals surface area contributed by atoms with Crippen LogP contribution in [0.1, 0.15) is 45.4 Å². The van der Waals surface area contributed by atoms with Crippen molar-refractivity contribution >= 4 is 23.6 Å². The Morgan fingerprint density at radius 1 is 1.40 bits per heavy atom. The van der Waals surface area contributed by atoms with Crippen LogP contribution >= 0.6 is 11.8 Å². The molecule has 1 aliphatic rings. The van der Waals surface area contributed by atoms with Crippen molar-refractivity contribution in [2.24, 2.45) is 5.73 Å². The molecule has 7 heteroatoms. The van der Waals surface area contributed by atoms with Crippen molar-refractivity contribution in [1.29, 1.82) is 0 Å². The third kappa shape index (κ3) is 7.15. The number of unbranched alkanes of at least 4 members (excludes halogenated alkanes) is 2. The van der Waals surface area contributed by atoms with Gasteiger partial charge < -0.3 is 15.4 Å². The van der Waals surface area contributed by atoms with E-state index in [0.717, 1.165) is 63.9 Å². The quantitative estimate of drug-likeness (QED) is 0.415. The third-order valence-electron chi connectivity index (χ3n) is 4.88. The maximum absolute atomic E-state index is 12.4. The van der Waals surface area contributed by atoms with E-state index in [1.807, 2.05) is 11.2 Å². The molecule has 0 radical (unpaired) electrons. The van der Waals surface area contributed by atoms with Crippen molar-refractivity contribution in [3.05, 3.63) is 0 Å². The van der Waals surface area contributed by atoms with Gasteiger partial charge in [-0.25, -0.2) is 0 Å². The van der Waals surface area contributed by atoms with Crippen molar-refractivity contribution in [2.75, 3.05) is 45.3 Å². The van der Waals surface area contributed by atoms with Crippen LogP contribution in [0.2, 0.25) is 0 Å². The average Bonchev–Trinajstić information content (AvgIpc) is 3.09. The van der Waals surface area contributed by atoms with Crippen LogP contribution in [0.5, 0.6) is 0 Å². The summed E-state index contributed by atoms with van der Waals surface area (Å²) in [6.07, 6.45) is 8.15. The van der Waals surface area contributed by atoms with Crippen molar-refractivity contribution in [2.45, 2.75) is 57.5 Å². The van der Waals surface area contributed by atoms with Crippen LogP contribution in [-0.2, 0) is 14.3 Å². The second kappa shape index (κ2) is 12.5. The van der Waals surface area contributed by atoms with Crippen LogP contribution in [-0.4, -0.2) is 79.1 Å². The summed E-state index contributed by atoms with van der Waals surface area (Å²) >= 11 is 1.74. The van der Waals surface area contributed by atoms with Crippen LogP contribution in [0.15, 0.2) is 0 Å². The van der Waals surface area contributed by atoms with Gasteiger partial charge in [0.15, 0.2) is 0 Å². The molecule has 2 atom stereocenters. The van der Waals surface area contributed by atoms with Crippen molar-refractivity contribution in [1.82, 2.24) is 9.80 Å². The number of likely N-dealkylation sites (tertiary alicyclic amines) is 1. The van der Waals surface area contributed by atoms with Crippen molar-refractivity contribution in [3.63, 3.8) is 0 Å². The standard InChI is InChI=1S/C18H35N3O3S/c1-4-5-6-10-20(16(9-12-25-3)18(23)24-2)14-15-8-7-11-21(15)17(22)13-19/h15-16H,4-14,19H2,1-3H3/t15-,16?/m0/s1. The SMILES string of the molecule is CCCCCN(C[C@@H]1CCCN1C(=O)CN)C(CCSC)C(=O)OC. The van der Waals surface area contributed by atoms with E-state index in [2.05, 4.69) is 11.8 Å². The zero-order valence-corrected chi connectivity index (χ0v) is 16.9. The monoisotopic (exact) mass is 373 g/mol. The molecular weight excluding hydrogens is 338 g/mol. The summed E-state index contributed by atoms with van der Waals surface area (Å²) in [5, 5.41) is 0. The molecule has 1 amide bonds. The predicted octanol–water partition coefficient (Wildman–Crippen LogP) is 1.72. The van der Waals surface area contributed by atoms with Gasteiger partial charge in [0, 0.05) is 19.1 Å². The van der Waals surface area contributed by atoms with Crippen LogP contribution in [0.4, 0.5) is 0 Å². The van der Waals surface area contributed by atoms with E-state index in [0.29, 0.717) is 0 Å². The number of carbonyl (C=O) groups is 2. The summed E-state index contributed by atoms with van der Waals surface area (Å²) in [6, 6.07) is -0.0798. The van der Waals surface area contributed by atoms with E-state index in [-0.39, 0.29) is 30.5 Å².